The molecule has 80 valence electrons. The van der Waals surface area contributed by atoms with Crippen LogP contribution < -0.4 is 0 Å². The lowest BCUT2D eigenvalue weighted by molar-refractivity contribution is 0.687. The van der Waals surface area contributed by atoms with Crippen LogP contribution in [-0.4, -0.2) is 14.9 Å². The molecule has 2 aromatic rings. The average Bonchev–Trinajstić information content (AvgIpc) is 2.70. The molecule has 3 nitrogen and oxygen atoms in total. The molecular formula is C11H8ClN3S. The standard InChI is InChI=1S/C11H8ClN3S/c12-10-3-1-9(2-4-10)6-15-7-11(5-14-15)13-8-16/h1-5,7H,6H2. The van der Waals surface area contributed by atoms with Gasteiger partial charge in [-0.05, 0) is 29.9 Å². The molecule has 1 aromatic heterocycles. The molecular weight excluding hydrogens is 242 g/mol. The topological polar surface area (TPSA) is 30.2 Å². The monoisotopic (exact) mass is 249 g/mol. The number of isothiocyanates is 1. The molecule has 0 unspecified atom stereocenters. The van der Waals surface area contributed by atoms with Crippen LogP contribution in [0.5, 0.6) is 0 Å². The summed E-state index contributed by atoms with van der Waals surface area (Å²) >= 11 is 10.3. The molecule has 0 aliphatic heterocycles. The smallest absolute Gasteiger partial charge is 0.112 e. The van der Waals surface area contributed by atoms with Gasteiger partial charge in [0.25, 0.3) is 0 Å². The Kier molecular flexibility index (Phi) is 3.47. The predicted molar refractivity (Wildman–Crippen MR) is 67.5 cm³/mol. The van der Waals surface area contributed by atoms with Gasteiger partial charge in [-0.3, -0.25) is 4.68 Å². The predicted octanol–water partition coefficient (Wildman–Crippen LogP) is 3.32. The second-order valence-corrected chi connectivity index (χ2v) is 3.84. The molecule has 16 heavy (non-hydrogen) atoms. The molecule has 0 spiro atoms. The van der Waals surface area contributed by atoms with E-state index in [2.05, 4.69) is 27.5 Å². The maximum atomic E-state index is 5.80. The van der Waals surface area contributed by atoms with Gasteiger partial charge >= 0.3 is 0 Å². The molecule has 0 saturated heterocycles. The Labute approximate surface area is 103 Å². The Morgan fingerprint density at radius 2 is 2.12 bits per heavy atom. The number of hydrogen-bond donors (Lipinski definition) is 0. The maximum absolute atomic E-state index is 5.80. The van der Waals surface area contributed by atoms with E-state index < -0.39 is 0 Å². The number of halogens is 1. The lowest BCUT2D eigenvalue weighted by Crippen LogP contribution is -1.99. The van der Waals surface area contributed by atoms with E-state index in [9.17, 15) is 0 Å². The molecule has 0 aliphatic rings. The molecule has 5 heteroatoms. The van der Waals surface area contributed by atoms with Crippen LogP contribution in [0, 0.1) is 0 Å². The highest BCUT2D eigenvalue weighted by Gasteiger charge is 1.98. The van der Waals surface area contributed by atoms with Crippen molar-refractivity contribution in [1.82, 2.24) is 9.78 Å². The first-order valence-corrected chi connectivity index (χ1v) is 5.41. The van der Waals surface area contributed by atoms with Crippen LogP contribution in [0.15, 0.2) is 41.7 Å². The van der Waals surface area contributed by atoms with E-state index in [1.54, 1.807) is 10.9 Å². The molecule has 2 rings (SSSR count). The fraction of sp³-hybridized carbons (Fsp3) is 0.0909. The summed E-state index contributed by atoms with van der Waals surface area (Å²) in [5, 5.41) is 7.19. The molecule has 0 aliphatic carbocycles. The van der Waals surface area contributed by atoms with Gasteiger partial charge in [-0.2, -0.15) is 10.1 Å². The Morgan fingerprint density at radius 1 is 1.38 bits per heavy atom. The number of thiocarbonyl (C=S) groups is 1. The molecule has 0 amide bonds. The van der Waals surface area contributed by atoms with Gasteiger partial charge in [0.1, 0.15) is 5.69 Å². The minimum absolute atomic E-state index is 0.685. The van der Waals surface area contributed by atoms with Crippen molar-refractivity contribution in [1.29, 1.82) is 0 Å². The van der Waals surface area contributed by atoms with Crippen LogP contribution in [0.1, 0.15) is 5.56 Å². The summed E-state index contributed by atoms with van der Waals surface area (Å²) in [6.45, 7) is 0.685. The van der Waals surface area contributed by atoms with Gasteiger partial charge in [0, 0.05) is 5.02 Å². The van der Waals surface area contributed by atoms with Gasteiger partial charge < -0.3 is 0 Å². The van der Waals surface area contributed by atoms with Gasteiger partial charge in [-0.15, -0.1) is 0 Å². The normalized spacial score (nSPS) is 9.81. The average molecular weight is 250 g/mol. The first-order chi connectivity index (χ1) is 7.78. The summed E-state index contributed by atoms with van der Waals surface area (Å²) < 4.78 is 1.79. The van der Waals surface area contributed by atoms with E-state index in [1.165, 1.54) is 0 Å². The Bertz CT molecular complexity index is 526. The van der Waals surface area contributed by atoms with E-state index in [0.717, 1.165) is 10.6 Å². The summed E-state index contributed by atoms with van der Waals surface area (Å²) in [5.41, 5.74) is 1.84. The Morgan fingerprint density at radius 3 is 2.81 bits per heavy atom. The molecule has 0 saturated carbocycles. The highest BCUT2D eigenvalue weighted by Crippen LogP contribution is 2.13. The Balaban J connectivity index is 2.14. The van der Waals surface area contributed by atoms with Crippen LogP contribution in [0.2, 0.25) is 5.02 Å². The van der Waals surface area contributed by atoms with Crippen molar-refractivity contribution in [3.63, 3.8) is 0 Å². The second kappa shape index (κ2) is 5.03. The highest BCUT2D eigenvalue weighted by molar-refractivity contribution is 7.78. The second-order valence-electron chi connectivity index (χ2n) is 3.23. The number of aliphatic imine (C=N–C) groups is 1. The Hall–Kier alpha value is -1.48. The van der Waals surface area contributed by atoms with Gasteiger partial charge in [-0.1, -0.05) is 23.7 Å². The SMILES string of the molecule is S=C=Nc1cnn(Cc2ccc(Cl)cc2)c1. The number of rotatable bonds is 3. The number of hydrogen-bond acceptors (Lipinski definition) is 3. The number of aromatic nitrogens is 2. The third-order valence-corrected chi connectivity index (χ3v) is 2.40. The molecule has 0 N–H and O–H groups in total. The third kappa shape index (κ3) is 2.76. The minimum Gasteiger partial charge on any atom is -0.266 e. The van der Waals surface area contributed by atoms with Gasteiger partial charge in [0.15, 0.2) is 0 Å². The van der Waals surface area contributed by atoms with Crippen LogP contribution in [-0.2, 0) is 6.54 Å². The van der Waals surface area contributed by atoms with Crippen molar-refractivity contribution < 1.29 is 0 Å². The summed E-state index contributed by atoms with van der Waals surface area (Å²) in [5.74, 6) is 0. The van der Waals surface area contributed by atoms with E-state index >= 15 is 0 Å². The quantitative estimate of drug-likeness (QED) is 0.617. The number of benzene rings is 1. The zero-order valence-corrected chi connectivity index (χ0v) is 9.87. The molecule has 0 atom stereocenters. The fourth-order valence-corrected chi connectivity index (χ4v) is 1.56. The largest absolute Gasteiger partial charge is 0.266 e. The summed E-state index contributed by atoms with van der Waals surface area (Å²) in [4.78, 5) is 3.84. The summed E-state index contributed by atoms with van der Waals surface area (Å²) in [6, 6.07) is 7.64. The van der Waals surface area contributed by atoms with Crippen molar-refractivity contribution in [2.75, 3.05) is 0 Å². The van der Waals surface area contributed by atoms with Gasteiger partial charge in [-0.25, -0.2) is 0 Å². The van der Waals surface area contributed by atoms with Crippen molar-refractivity contribution in [3.8, 4) is 0 Å². The fourth-order valence-electron chi connectivity index (χ4n) is 1.33. The summed E-state index contributed by atoms with van der Waals surface area (Å²) in [6.07, 6.45) is 3.46. The van der Waals surface area contributed by atoms with Gasteiger partial charge in [0.05, 0.1) is 24.1 Å². The van der Waals surface area contributed by atoms with Crippen molar-refractivity contribution in [3.05, 3.63) is 47.2 Å². The molecule has 0 radical (unpaired) electrons. The first-order valence-electron chi connectivity index (χ1n) is 4.63. The lowest BCUT2D eigenvalue weighted by Gasteiger charge is -2.01. The minimum atomic E-state index is 0.685. The molecule has 0 fully saturated rings. The van der Waals surface area contributed by atoms with Crippen LogP contribution in [0.4, 0.5) is 5.69 Å². The zero-order chi connectivity index (χ0) is 11.4. The first kappa shape index (κ1) is 11.0. The zero-order valence-electron chi connectivity index (χ0n) is 8.30. The molecule has 1 aromatic carbocycles. The lowest BCUT2D eigenvalue weighted by atomic mass is 10.2. The van der Waals surface area contributed by atoms with Crippen molar-refractivity contribution in [2.45, 2.75) is 6.54 Å². The van der Waals surface area contributed by atoms with E-state index in [0.29, 0.717) is 12.2 Å². The number of nitrogens with zero attached hydrogens (tertiary/aromatic N) is 3. The van der Waals surface area contributed by atoms with E-state index in [-0.39, 0.29) is 0 Å². The molecule has 0 bridgehead atoms. The van der Waals surface area contributed by atoms with E-state index in [1.807, 2.05) is 30.5 Å². The van der Waals surface area contributed by atoms with Gasteiger partial charge in [0.2, 0.25) is 0 Å². The van der Waals surface area contributed by atoms with Crippen molar-refractivity contribution in [2.24, 2.45) is 4.99 Å². The van der Waals surface area contributed by atoms with E-state index in [4.69, 9.17) is 11.6 Å². The van der Waals surface area contributed by atoms with Crippen LogP contribution >= 0.6 is 23.8 Å². The third-order valence-electron chi connectivity index (χ3n) is 2.05. The highest BCUT2D eigenvalue weighted by atomic mass is 35.5. The van der Waals surface area contributed by atoms with Crippen LogP contribution in [0.25, 0.3) is 0 Å². The summed E-state index contributed by atoms with van der Waals surface area (Å²) in [7, 11) is 0. The molecule has 1 heterocycles. The van der Waals surface area contributed by atoms with Crippen molar-refractivity contribution >= 4 is 34.7 Å². The maximum Gasteiger partial charge on any atom is 0.112 e. The van der Waals surface area contributed by atoms with Crippen LogP contribution in [0.3, 0.4) is 0 Å².